The highest BCUT2D eigenvalue weighted by Gasteiger charge is 2.33. The Morgan fingerprint density at radius 1 is 1.18 bits per heavy atom. The number of nitrogens with one attached hydrogen (secondary N) is 1. The van der Waals surface area contributed by atoms with Gasteiger partial charge in [-0.3, -0.25) is 4.79 Å². The molecule has 6 nitrogen and oxygen atoms in total. The first kappa shape index (κ1) is 18.1. The zero-order valence-electron chi connectivity index (χ0n) is 14.4. The molecule has 1 amide bonds. The molecule has 0 spiro atoms. The Labute approximate surface area is 160 Å². The van der Waals surface area contributed by atoms with E-state index in [-0.39, 0.29) is 27.6 Å². The number of hydrogen-bond acceptors (Lipinski definition) is 5. The highest BCUT2D eigenvalue weighted by Crippen LogP contribution is 2.36. The Morgan fingerprint density at radius 2 is 1.96 bits per heavy atom. The molecule has 0 aliphatic rings. The molecular formula is C18H12F3N5OS. The summed E-state index contributed by atoms with van der Waals surface area (Å²) in [4.78, 5) is 21.5. The van der Waals surface area contributed by atoms with E-state index in [4.69, 9.17) is 0 Å². The Bertz CT molecular complexity index is 1180. The molecule has 0 saturated carbocycles. The summed E-state index contributed by atoms with van der Waals surface area (Å²) in [7, 11) is 0. The molecule has 0 bridgehead atoms. The topological polar surface area (TPSA) is 72.2 Å². The fourth-order valence-electron chi connectivity index (χ4n) is 2.70. The molecule has 1 aromatic carbocycles. The summed E-state index contributed by atoms with van der Waals surface area (Å²) in [6.07, 6.45) is -0.0430. The smallest absolute Gasteiger partial charge is 0.315 e. The lowest BCUT2D eigenvalue weighted by molar-refractivity contribution is -0.137. The first-order valence-corrected chi connectivity index (χ1v) is 8.89. The number of fused-ring (bicyclic) bond motifs is 1. The van der Waals surface area contributed by atoms with Crippen LogP contribution in [0.25, 0.3) is 16.9 Å². The Balaban J connectivity index is 1.74. The number of alkyl halides is 3. The van der Waals surface area contributed by atoms with E-state index in [1.807, 2.05) is 6.92 Å². The highest BCUT2D eigenvalue weighted by atomic mass is 32.1. The number of carbonyl (C=O) groups is 1. The molecule has 1 N–H and O–H groups in total. The van der Waals surface area contributed by atoms with Crippen molar-refractivity contribution in [3.8, 4) is 11.3 Å². The maximum Gasteiger partial charge on any atom is 0.417 e. The van der Waals surface area contributed by atoms with Crippen LogP contribution in [-0.4, -0.2) is 25.5 Å². The monoisotopic (exact) mass is 403 g/mol. The van der Waals surface area contributed by atoms with Crippen LogP contribution in [0.5, 0.6) is 0 Å². The molecule has 10 heteroatoms. The van der Waals surface area contributed by atoms with Gasteiger partial charge in [0.1, 0.15) is 5.69 Å². The second-order valence-corrected chi connectivity index (χ2v) is 7.15. The van der Waals surface area contributed by atoms with Gasteiger partial charge in [-0.2, -0.15) is 18.3 Å². The maximum atomic E-state index is 13.3. The number of rotatable bonds is 3. The normalized spacial score (nSPS) is 11.7. The molecule has 3 heterocycles. The molecule has 0 saturated heterocycles. The van der Waals surface area contributed by atoms with Gasteiger partial charge < -0.3 is 5.32 Å². The van der Waals surface area contributed by atoms with E-state index >= 15 is 0 Å². The van der Waals surface area contributed by atoms with Gasteiger partial charge in [-0.15, -0.1) is 11.3 Å². The molecule has 0 aliphatic heterocycles. The maximum absolute atomic E-state index is 13.3. The number of thiazole rings is 1. The summed E-state index contributed by atoms with van der Waals surface area (Å²) in [6.45, 7) is 1.83. The lowest BCUT2D eigenvalue weighted by Gasteiger charge is -2.12. The van der Waals surface area contributed by atoms with Gasteiger partial charge in [0.15, 0.2) is 10.7 Å². The summed E-state index contributed by atoms with van der Waals surface area (Å²) in [5.41, 5.74) is -0.191. The van der Waals surface area contributed by atoms with E-state index in [0.717, 1.165) is 10.9 Å². The number of carbonyl (C=O) groups excluding carboxylic acids is 1. The summed E-state index contributed by atoms with van der Waals surface area (Å²) in [5, 5.41) is 7.01. The second-order valence-electron chi connectivity index (χ2n) is 5.91. The number of aromatic nitrogens is 4. The van der Waals surface area contributed by atoms with E-state index in [0.29, 0.717) is 0 Å². The van der Waals surface area contributed by atoms with Crippen molar-refractivity contribution >= 4 is 28.6 Å². The number of amides is 1. The molecule has 4 rings (SSSR count). The van der Waals surface area contributed by atoms with Crippen molar-refractivity contribution in [2.24, 2.45) is 0 Å². The lowest BCUT2D eigenvalue weighted by Crippen LogP contribution is -2.11. The van der Waals surface area contributed by atoms with Gasteiger partial charge in [-0.25, -0.2) is 14.5 Å². The average Bonchev–Trinajstić information content (AvgIpc) is 3.27. The fraction of sp³-hybridized carbons (Fsp3) is 0.111. The van der Waals surface area contributed by atoms with Gasteiger partial charge in [-0.05, 0) is 19.1 Å². The van der Waals surface area contributed by atoms with Crippen molar-refractivity contribution in [1.82, 2.24) is 19.6 Å². The molecule has 0 radical (unpaired) electrons. The largest absolute Gasteiger partial charge is 0.417 e. The van der Waals surface area contributed by atoms with E-state index in [2.05, 4.69) is 20.4 Å². The van der Waals surface area contributed by atoms with Crippen LogP contribution in [0.2, 0.25) is 0 Å². The Morgan fingerprint density at radius 3 is 2.68 bits per heavy atom. The van der Waals surface area contributed by atoms with E-state index in [1.54, 1.807) is 6.20 Å². The molecule has 0 unspecified atom stereocenters. The van der Waals surface area contributed by atoms with Crippen LogP contribution in [0.15, 0.2) is 48.9 Å². The minimum absolute atomic E-state index is 0.0495. The lowest BCUT2D eigenvalue weighted by atomic mass is 10.0. The van der Waals surface area contributed by atoms with Crippen molar-refractivity contribution in [1.29, 1.82) is 0 Å². The Kier molecular flexibility index (Phi) is 4.34. The summed E-state index contributed by atoms with van der Waals surface area (Å²) < 4.78 is 41.3. The van der Waals surface area contributed by atoms with Gasteiger partial charge in [0.2, 0.25) is 0 Å². The van der Waals surface area contributed by atoms with Gasteiger partial charge in [-0.1, -0.05) is 18.2 Å². The molecule has 0 aliphatic carbocycles. The third-order valence-corrected chi connectivity index (χ3v) is 4.85. The van der Waals surface area contributed by atoms with Crippen LogP contribution in [-0.2, 0) is 6.18 Å². The number of hydrogen-bond donors (Lipinski definition) is 1. The summed E-state index contributed by atoms with van der Waals surface area (Å²) in [5.74, 6) is -0.434. The van der Waals surface area contributed by atoms with Crippen molar-refractivity contribution < 1.29 is 18.0 Å². The molecule has 0 atom stereocenters. The molecule has 28 heavy (non-hydrogen) atoms. The predicted molar refractivity (Wildman–Crippen MR) is 98.2 cm³/mol. The molecule has 142 valence electrons. The summed E-state index contributed by atoms with van der Waals surface area (Å²) >= 11 is 1.23. The number of anilines is 1. The first-order chi connectivity index (χ1) is 13.3. The van der Waals surface area contributed by atoms with E-state index in [1.165, 1.54) is 52.5 Å². The van der Waals surface area contributed by atoms with Crippen molar-refractivity contribution in [2.45, 2.75) is 13.1 Å². The fourth-order valence-corrected chi connectivity index (χ4v) is 3.36. The van der Waals surface area contributed by atoms with Crippen LogP contribution in [0.3, 0.4) is 0 Å². The third-order valence-electron chi connectivity index (χ3n) is 3.94. The Hall–Kier alpha value is -3.27. The van der Waals surface area contributed by atoms with Gasteiger partial charge >= 0.3 is 6.18 Å². The molecular weight excluding hydrogens is 391 g/mol. The number of halogens is 3. The molecule has 4 aromatic rings. The van der Waals surface area contributed by atoms with Crippen molar-refractivity contribution in [3.63, 3.8) is 0 Å². The number of nitrogens with zero attached hydrogens (tertiary/aromatic N) is 4. The van der Waals surface area contributed by atoms with Gasteiger partial charge in [0, 0.05) is 22.8 Å². The zero-order chi connectivity index (χ0) is 19.9. The van der Waals surface area contributed by atoms with Gasteiger partial charge in [0.05, 0.1) is 17.5 Å². The average molecular weight is 403 g/mol. The van der Waals surface area contributed by atoms with Crippen molar-refractivity contribution in [3.05, 3.63) is 64.4 Å². The van der Waals surface area contributed by atoms with Crippen LogP contribution >= 0.6 is 11.3 Å². The van der Waals surface area contributed by atoms with Crippen molar-refractivity contribution in [2.75, 3.05) is 5.32 Å². The molecule has 0 fully saturated rings. The van der Waals surface area contributed by atoms with E-state index < -0.39 is 17.6 Å². The minimum Gasteiger partial charge on any atom is -0.315 e. The number of benzene rings is 1. The molecule has 3 aromatic heterocycles. The zero-order valence-corrected chi connectivity index (χ0v) is 15.2. The quantitative estimate of drug-likeness (QED) is 0.549. The van der Waals surface area contributed by atoms with Crippen LogP contribution in [0.4, 0.5) is 18.9 Å². The van der Waals surface area contributed by atoms with Gasteiger partial charge in [0.25, 0.3) is 5.91 Å². The standard InChI is InChI=1S/C18H12F3N5OS/c1-10-8-22-17(28-10)16(27)25-14-9-23-26-7-6-13(24-15(14)26)11-4-2-3-5-12(11)18(19,20)21/h2-9H,1H3,(H,25,27). The third kappa shape index (κ3) is 3.33. The van der Waals surface area contributed by atoms with Crippen LogP contribution in [0, 0.1) is 6.92 Å². The summed E-state index contributed by atoms with van der Waals surface area (Å²) in [6, 6.07) is 6.64. The second kappa shape index (κ2) is 6.71. The predicted octanol–water partition coefficient (Wildman–Crippen LogP) is 4.43. The SMILES string of the molecule is Cc1cnc(C(=O)Nc2cnn3ccc(-c4ccccc4C(F)(F)F)nc23)s1. The number of aryl methyl sites for hydroxylation is 1. The van der Waals surface area contributed by atoms with Crippen LogP contribution < -0.4 is 5.32 Å². The highest BCUT2D eigenvalue weighted by molar-refractivity contribution is 7.13. The van der Waals surface area contributed by atoms with Crippen LogP contribution in [0.1, 0.15) is 20.2 Å². The first-order valence-electron chi connectivity index (χ1n) is 8.08. The minimum atomic E-state index is -4.51. The van der Waals surface area contributed by atoms with E-state index in [9.17, 15) is 18.0 Å².